The number of pyridine rings is 1. The number of carbonyl (C=O) groups is 1. The quantitative estimate of drug-likeness (QED) is 0.363. The van der Waals surface area contributed by atoms with Crippen molar-refractivity contribution < 1.29 is 9.21 Å². The van der Waals surface area contributed by atoms with Gasteiger partial charge in [-0.3, -0.25) is 4.79 Å². The van der Waals surface area contributed by atoms with Crippen LogP contribution >= 0.6 is 22.9 Å². The van der Waals surface area contributed by atoms with Crippen LogP contribution in [0.1, 0.15) is 38.3 Å². The second kappa shape index (κ2) is 8.73. The second-order valence-corrected chi connectivity index (χ2v) is 8.56. The third kappa shape index (κ3) is 4.56. The van der Waals surface area contributed by atoms with Crippen LogP contribution in [-0.4, -0.2) is 10.9 Å². The molecule has 0 spiro atoms. The number of thiophene rings is 1. The molecule has 0 saturated heterocycles. The van der Waals surface area contributed by atoms with Gasteiger partial charge in [0.15, 0.2) is 5.76 Å². The van der Waals surface area contributed by atoms with Gasteiger partial charge >= 0.3 is 0 Å². The number of carbonyl (C=O) groups excluding carboxylic acids is 1. The van der Waals surface area contributed by atoms with Crippen molar-refractivity contribution in [2.75, 3.05) is 10.6 Å². The number of halogens is 1. The second-order valence-electron chi connectivity index (χ2n) is 6.87. The Kier molecular flexibility index (Phi) is 5.88. The molecule has 5 nitrogen and oxygen atoms in total. The van der Waals surface area contributed by atoms with E-state index in [4.69, 9.17) is 16.0 Å². The molecule has 2 N–H and O–H groups in total. The first-order valence-corrected chi connectivity index (χ1v) is 10.6. The van der Waals surface area contributed by atoms with Crippen LogP contribution in [0.3, 0.4) is 0 Å². The van der Waals surface area contributed by atoms with E-state index in [-0.39, 0.29) is 17.7 Å². The molecule has 0 bridgehead atoms. The zero-order chi connectivity index (χ0) is 21.1. The average Bonchev–Trinajstić information content (AvgIpc) is 3.37. The fourth-order valence-electron chi connectivity index (χ4n) is 3.19. The van der Waals surface area contributed by atoms with Crippen molar-refractivity contribution >= 4 is 39.7 Å². The van der Waals surface area contributed by atoms with Crippen LogP contribution in [0.4, 0.5) is 10.8 Å². The molecule has 152 valence electrons. The molecule has 0 fully saturated rings. The molecule has 1 aromatic carbocycles. The van der Waals surface area contributed by atoms with Gasteiger partial charge in [0, 0.05) is 21.2 Å². The zero-order valence-electron chi connectivity index (χ0n) is 16.5. The molecular weight excluding hydrogens is 418 g/mol. The number of benzene rings is 1. The summed E-state index contributed by atoms with van der Waals surface area (Å²) in [4.78, 5) is 18.3. The van der Waals surface area contributed by atoms with E-state index >= 15 is 0 Å². The molecule has 0 radical (unpaired) electrons. The van der Waals surface area contributed by atoms with Crippen LogP contribution in [-0.2, 0) is 0 Å². The van der Waals surface area contributed by atoms with E-state index in [0.717, 1.165) is 32.5 Å². The molecule has 1 unspecified atom stereocenters. The van der Waals surface area contributed by atoms with E-state index in [0.29, 0.717) is 5.02 Å². The lowest BCUT2D eigenvalue weighted by Crippen LogP contribution is -2.17. The monoisotopic (exact) mass is 437 g/mol. The fraction of sp³-hybridized carbons (Fsp3) is 0.130. The summed E-state index contributed by atoms with van der Waals surface area (Å²) in [5, 5.41) is 7.93. The van der Waals surface area contributed by atoms with E-state index in [9.17, 15) is 4.79 Å². The minimum Gasteiger partial charge on any atom is -0.459 e. The van der Waals surface area contributed by atoms with E-state index in [1.54, 1.807) is 12.1 Å². The Morgan fingerprint density at radius 2 is 1.90 bits per heavy atom. The minimum absolute atomic E-state index is 0.228. The van der Waals surface area contributed by atoms with Crippen LogP contribution in [0, 0.1) is 13.8 Å². The molecule has 4 rings (SSSR count). The first-order valence-electron chi connectivity index (χ1n) is 9.40. The summed E-state index contributed by atoms with van der Waals surface area (Å²) in [6.45, 7) is 3.97. The lowest BCUT2D eigenvalue weighted by molar-refractivity contribution is 0.0997. The van der Waals surface area contributed by atoms with Crippen LogP contribution in [0.5, 0.6) is 0 Å². The molecule has 1 amide bonds. The van der Waals surface area contributed by atoms with Crippen LogP contribution in [0.2, 0.25) is 5.02 Å². The number of hydrogen-bond acceptors (Lipinski definition) is 5. The SMILES string of the molecule is Cc1cccc(NC(c2ccc(Cl)cc2)c2cc(C)sc2NC(=O)c2ccco2)n1. The van der Waals surface area contributed by atoms with E-state index in [1.807, 2.05) is 56.3 Å². The highest BCUT2D eigenvalue weighted by atomic mass is 35.5. The molecule has 4 aromatic rings. The van der Waals surface area contributed by atoms with E-state index in [1.165, 1.54) is 17.6 Å². The summed E-state index contributed by atoms with van der Waals surface area (Å²) < 4.78 is 5.23. The number of hydrogen-bond donors (Lipinski definition) is 2. The van der Waals surface area contributed by atoms with E-state index < -0.39 is 0 Å². The lowest BCUT2D eigenvalue weighted by Gasteiger charge is -2.21. The predicted octanol–water partition coefficient (Wildman–Crippen LogP) is 6.46. The van der Waals surface area contributed by atoms with Gasteiger partial charge in [-0.05, 0) is 61.9 Å². The zero-order valence-corrected chi connectivity index (χ0v) is 18.1. The first kappa shape index (κ1) is 20.2. The van der Waals surface area contributed by atoms with Crippen molar-refractivity contribution in [3.05, 3.63) is 99.4 Å². The number of nitrogens with zero attached hydrogens (tertiary/aromatic N) is 1. The number of anilines is 2. The number of amides is 1. The van der Waals surface area contributed by atoms with Crippen molar-refractivity contribution in [2.45, 2.75) is 19.9 Å². The van der Waals surface area contributed by atoms with Gasteiger partial charge in [-0.15, -0.1) is 11.3 Å². The molecule has 7 heteroatoms. The largest absolute Gasteiger partial charge is 0.459 e. The first-order chi connectivity index (χ1) is 14.5. The summed E-state index contributed by atoms with van der Waals surface area (Å²) in [5.41, 5.74) is 2.87. The number of nitrogens with one attached hydrogen (secondary N) is 2. The third-order valence-corrected chi connectivity index (χ3v) is 5.78. The third-order valence-electron chi connectivity index (χ3n) is 4.55. The maximum absolute atomic E-state index is 12.6. The van der Waals surface area contributed by atoms with Crippen LogP contribution < -0.4 is 10.6 Å². The molecule has 3 heterocycles. The normalized spacial score (nSPS) is 11.8. The maximum Gasteiger partial charge on any atom is 0.291 e. The summed E-state index contributed by atoms with van der Waals surface area (Å²) >= 11 is 7.63. The summed E-state index contributed by atoms with van der Waals surface area (Å²) in [6.07, 6.45) is 1.48. The van der Waals surface area contributed by atoms with Gasteiger partial charge < -0.3 is 15.1 Å². The lowest BCUT2D eigenvalue weighted by atomic mass is 10.00. The van der Waals surface area contributed by atoms with Crippen LogP contribution in [0.25, 0.3) is 0 Å². The van der Waals surface area contributed by atoms with Crippen molar-refractivity contribution in [3.8, 4) is 0 Å². The number of aryl methyl sites for hydroxylation is 2. The summed E-state index contributed by atoms with van der Waals surface area (Å²) in [6, 6.07) is 18.7. The summed E-state index contributed by atoms with van der Waals surface area (Å²) in [5.74, 6) is 0.733. The Balaban J connectivity index is 1.73. The van der Waals surface area contributed by atoms with Gasteiger partial charge in [0.05, 0.1) is 12.3 Å². The molecule has 1 atom stereocenters. The van der Waals surface area contributed by atoms with Crippen molar-refractivity contribution in [2.24, 2.45) is 0 Å². The molecule has 30 heavy (non-hydrogen) atoms. The van der Waals surface area contributed by atoms with Gasteiger partial charge in [0.1, 0.15) is 10.8 Å². The molecule has 0 aliphatic carbocycles. The molecular formula is C23H20ClN3O2S. The minimum atomic E-state index is -0.286. The maximum atomic E-state index is 12.6. The predicted molar refractivity (Wildman–Crippen MR) is 122 cm³/mol. The van der Waals surface area contributed by atoms with E-state index in [2.05, 4.69) is 21.7 Å². The number of rotatable bonds is 6. The smallest absolute Gasteiger partial charge is 0.291 e. The number of aromatic nitrogens is 1. The standard InChI is InChI=1S/C23H20ClN3O2S/c1-14-5-3-7-20(25-14)26-21(16-8-10-17(24)11-9-16)18-13-15(2)30-23(18)27-22(28)19-6-4-12-29-19/h3-13,21H,1-2H3,(H,25,26)(H,27,28). The van der Waals surface area contributed by atoms with Crippen molar-refractivity contribution in [1.82, 2.24) is 4.98 Å². The molecule has 3 aromatic heterocycles. The van der Waals surface area contributed by atoms with Crippen molar-refractivity contribution in [3.63, 3.8) is 0 Å². The molecule has 0 aliphatic heterocycles. The Morgan fingerprint density at radius 1 is 1.10 bits per heavy atom. The van der Waals surface area contributed by atoms with Crippen molar-refractivity contribution in [1.29, 1.82) is 0 Å². The van der Waals surface area contributed by atoms with Gasteiger partial charge in [0.25, 0.3) is 5.91 Å². The Hall–Kier alpha value is -3.09. The summed E-state index contributed by atoms with van der Waals surface area (Å²) in [7, 11) is 0. The highest BCUT2D eigenvalue weighted by Crippen LogP contribution is 2.38. The number of furan rings is 1. The fourth-order valence-corrected chi connectivity index (χ4v) is 4.26. The highest BCUT2D eigenvalue weighted by Gasteiger charge is 2.23. The van der Waals surface area contributed by atoms with Gasteiger partial charge in [0.2, 0.25) is 0 Å². The average molecular weight is 438 g/mol. The van der Waals surface area contributed by atoms with Gasteiger partial charge in [-0.1, -0.05) is 29.8 Å². The molecule has 0 aliphatic rings. The van der Waals surface area contributed by atoms with Gasteiger partial charge in [-0.2, -0.15) is 0 Å². The highest BCUT2D eigenvalue weighted by molar-refractivity contribution is 7.16. The molecule has 0 saturated carbocycles. The van der Waals surface area contributed by atoms with Gasteiger partial charge in [-0.25, -0.2) is 4.98 Å². The Bertz CT molecular complexity index is 1150. The Labute approximate surface area is 183 Å². The van der Waals surface area contributed by atoms with Crippen LogP contribution in [0.15, 0.2) is 71.3 Å². The Morgan fingerprint density at radius 3 is 2.60 bits per heavy atom. The topological polar surface area (TPSA) is 67.2 Å².